The molecule has 2 fully saturated rings. The minimum absolute atomic E-state index is 0.0123. The van der Waals surface area contributed by atoms with Crippen molar-refractivity contribution in [3.63, 3.8) is 0 Å². The zero-order chi connectivity index (χ0) is 15.6. The smallest absolute Gasteiger partial charge is 0.266 e. The first-order valence-corrected chi connectivity index (χ1v) is 8.34. The van der Waals surface area contributed by atoms with Crippen LogP contribution in [-0.4, -0.2) is 34.0 Å². The van der Waals surface area contributed by atoms with Gasteiger partial charge in [0, 0.05) is 13.0 Å². The van der Waals surface area contributed by atoms with Gasteiger partial charge in [0.15, 0.2) is 5.82 Å². The van der Waals surface area contributed by atoms with Crippen molar-refractivity contribution in [2.75, 3.05) is 13.1 Å². The number of piperidine rings is 1. The molecule has 0 N–H and O–H groups in total. The number of aromatic nitrogens is 2. The lowest BCUT2D eigenvalue weighted by Gasteiger charge is -2.35. The molecular formula is C16H24FN3O2. The molecule has 1 atom stereocenters. The number of amides is 1. The van der Waals surface area contributed by atoms with E-state index in [4.69, 9.17) is 4.52 Å². The van der Waals surface area contributed by atoms with E-state index in [1.165, 1.54) is 25.7 Å². The zero-order valence-corrected chi connectivity index (χ0v) is 13.2. The van der Waals surface area contributed by atoms with Crippen molar-refractivity contribution in [1.82, 2.24) is 15.0 Å². The van der Waals surface area contributed by atoms with Gasteiger partial charge in [-0.25, -0.2) is 4.39 Å². The Morgan fingerprint density at radius 2 is 2.18 bits per heavy atom. The minimum atomic E-state index is -1.69. The van der Waals surface area contributed by atoms with Gasteiger partial charge in [-0.1, -0.05) is 30.8 Å². The van der Waals surface area contributed by atoms with E-state index in [-0.39, 0.29) is 18.3 Å². The fraction of sp³-hybridized carbons (Fsp3) is 0.812. The molecular weight excluding hydrogens is 285 g/mol. The van der Waals surface area contributed by atoms with Crippen LogP contribution in [0.2, 0.25) is 0 Å². The molecule has 1 saturated heterocycles. The van der Waals surface area contributed by atoms with Crippen LogP contribution in [0.1, 0.15) is 63.1 Å². The van der Waals surface area contributed by atoms with Gasteiger partial charge in [-0.3, -0.25) is 4.79 Å². The highest BCUT2D eigenvalue weighted by atomic mass is 19.1. The summed E-state index contributed by atoms with van der Waals surface area (Å²) in [4.78, 5) is 18.0. The summed E-state index contributed by atoms with van der Waals surface area (Å²) in [6, 6.07) is 0. The Bertz CT molecular complexity index is 527. The Balaban J connectivity index is 1.58. The molecule has 1 saturated carbocycles. The van der Waals surface area contributed by atoms with Crippen LogP contribution in [0.15, 0.2) is 4.52 Å². The first-order valence-electron chi connectivity index (χ1n) is 8.34. The number of carbonyl (C=O) groups excluding carboxylic acids is 1. The van der Waals surface area contributed by atoms with E-state index in [0.717, 1.165) is 6.42 Å². The molecule has 22 heavy (non-hydrogen) atoms. The molecule has 2 aliphatic rings. The second-order valence-electron chi connectivity index (χ2n) is 6.72. The average molecular weight is 309 g/mol. The summed E-state index contributed by atoms with van der Waals surface area (Å²) >= 11 is 0. The van der Waals surface area contributed by atoms with Gasteiger partial charge in [-0.15, -0.1) is 0 Å². The maximum Gasteiger partial charge on any atom is 0.266 e. The number of halogens is 1. The van der Waals surface area contributed by atoms with Crippen LogP contribution in [0.4, 0.5) is 4.39 Å². The molecule has 1 amide bonds. The van der Waals surface area contributed by atoms with Gasteiger partial charge < -0.3 is 9.42 Å². The first kappa shape index (κ1) is 15.4. The standard InChI is InChI=1S/C16H24FN3O2/c1-12-18-15(22-19-12)16(17)9-4-10-20(11-16)14(21)8-7-13-5-2-3-6-13/h13H,2-11H2,1H3. The highest BCUT2D eigenvalue weighted by Gasteiger charge is 2.43. The fourth-order valence-electron chi connectivity index (χ4n) is 3.66. The van der Waals surface area contributed by atoms with E-state index in [1.807, 2.05) is 0 Å². The van der Waals surface area contributed by atoms with Crippen molar-refractivity contribution >= 4 is 5.91 Å². The van der Waals surface area contributed by atoms with Crippen molar-refractivity contribution in [1.29, 1.82) is 0 Å². The van der Waals surface area contributed by atoms with Crippen LogP contribution in [0.25, 0.3) is 0 Å². The monoisotopic (exact) mass is 309 g/mol. The van der Waals surface area contributed by atoms with Crippen molar-refractivity contribution in [3.05, 3.63) is 11.7 Å². The van der Waals surface area contributed by atoms with Gasteiger partial charge in [0.1, 0.15) is 0 Å². The SMILES string of the molecule is Cc1noc(C2(F)CCCN(C(=O)CCC3CCCC3)C2)n1. The van der Waals surface area contributed by atoms with E-state index in [0.29, 0.717) is 37.5 Å². The molecule has 1 aromatic rings. The molecule has 0 aromatic carbocycles. The number of likely N-dealkylation sites (tertiary alicyclic amines) is 1. The molecule has 3 rings (SSSR count). The number of nitrogens with zero attached hydrogens (tertiary/aromatic N) is 3. The fourth-order valence-corrected chi connectivity index (χ4v) is 3.66. The van der Waals surface area contributed by atoms with Crippen LogP contribution in [0, 0.1) is 12.8 Å². The highest BCUT2D eigenvalue weighted by Crippen LogP contribution is 2.35. The normalized spacial score (nSPS) is 26.5. The minimum Gasteiger partial charge on any atom is -0.339 e. The molecule has 122 valence electrons. The molecule has 6 heteroatoms. The Morgan fingerprint density at radius 3 is 2.86 bits per heavy atom. The maximum atomic E-state index is 15.1. The summed E-state index contributed by atoms with van der Waals surface area (Å²) < 4.78 is 20.1. The largest absolute Gasteiger partial charge is 0.339 e. The van der Waals surface area contributed by atoms with E-state index < -0.39 is 5.67 Å². The van der Waals surface area contributed by atoms with Gasteiger partial charge in [-0.05, 0) is 32.1 Å². The number of alkyl halides is 1. The molecule has 0 spiro atoms. The Kier molecular flexibility index (Phi) is 4.45. The Morgan fingerprint density at radius 1 is 1.41 bits per heavy atom. The molecule has 5 nitrogen and oxygen atoms in total. The second kappa shape index (κ2) is 6.34. The quantitative estimate of drug-likeness (QED) is 0.857. The highest BCUT2D eigenvalue weighted by molar-refractivity contribution is 5.76. The predicted octanol–water partition coefficient (Wildman–Crippen LogP) is 3.14. The lowest BCUT2D eigenvalue weighted by molar-refractivity contribution is -0.136. The van der Waals surface area contributed by atoms with Gasteiger partial charge in [-0.2, -0.15) is 4.98 Å². The summed E-state index contributed by atoms with van der Waals surface area (Å²) in [7, 11) is 0. The number of aryl methyl sites for hydroxylation is 1. The molecule has 2 heterocycles. The zero-order valence-electron chi connectivity index (χ0n) is 13.2. The van der Waals surface area contributed by atoms with E-state index in [1.54, 1.807) is 11.8 Å². The lowest BCUT2D eigenvalue weighted by Crippen LogP contribution is -2.46. The van der Waals surface area contributed by atoms with E-state index in [9.17, 15) is 4.79 Å². The van der Waals surface area contributed by atoms with Gasteiger partial charge in [0.25, 0.3) is 5.89 Å². The number of rotatable bonds is 4. The van der Waals surface area contributed by atoms with Crippen molar-refractivity contribution in [2.24, 2.45) is 5.92 Å². The van der Waals surface area contributed by atoms with Crippen LogP contribution >= 0.6 is 0 Å². The maximum absolute atomic E-state index is 15.1. The van der Waals surface area contributed by atoms with Crippen LogP contribution in [0.3, 0.4) is 0 Å². The third-order valence-electron chi connectivity index (χ3n) is 4.95. The van der Waals surface area contributed by atoms with Crippen LogP contribution in [-0.2, 0) is 10.5 Å². The lowest BCUT2D eigenvalue weighted by atomic mass is 9.93. The van der Waals surface area contributed by atoms with Crippen molar-refractivity contribution < 1.29 is 13.7 Å². The third kappa shape index (κ3) is 3.31. The number of hydrogen-bond donors (Lipinski definition) is 0. The van der Waals surface area contributed by atoms with Crippen LogP contribution in [0.5, 0.6) is 0 Å². The van der Waals surface area contributed by atoms with E-state index >= 15 is 4.39 Å². The summed E-state index contributed by atoms with van der Waals surface area (Å²) in [5.41, 5.74) is -1.69. The van der Waals surface area contributed by atoms with Gasteiger partial charge >= 0.3 is 0 Å². The summed E-state index contributed by atoms with van der Waals surface area (Å²) in [6.07, 6.45) is 7.48. The molecule has 1 aliphatic carbocycles. The summed E-state index contributed by atoms with van der Waals surface area (Å²) in [5.74, 6) is 1.18. The Hall–Kier alpha value is -1.46. The first-order chi connectivity index (χ1) is 10.6. The summed E-state index contributed by atoms with van der Waals surface area (Å²) in [6.45, 7) is 2.34. The molecule has 1 unspecified atom stereocenters. The van der Waals surface area contributed by atoms with Crippen molar-refractivity contribution in [3.8, 4) is 0 Å². The number of carbonyl (C=O) groups is 1. The number of hydrogen-bond acceptors (Lipinski definition) is 4. The molecule has 1 aromatic heterocycles. The van der Waals surface area contributed by atoms with Gasteiger partial charge in [0.05, 0.1) is 6.54 Å². The molecule has 0 bridgehead atoms. The summed E-state index contributed by atoms with van der Waals surface area (Å²) in [5, 5.41) is 3.67. The topological polar surface area (TPSA) is 59.2 Å². The van der Waals surface area contributed by atoms with Crippen molar-refractivity contribution in [2.45, 2.75) is 64.0 Å². The molecule has 0 radical (unpaired) electrons. The van der Waals surface area contributed by atoms with E-state index in [2.05, 4.69) is 10.1 Å². The van der Waals surface area contributed by atoms with Crippen LogP contribution < -0.4 is 0 Å². The second-order valence-corrected chi connectivity index (χ2v) is 6.72. The predicted molar refractivity (Wildman–Crippen MR) is 78.8 cm³/mol. The van der Waals surface area contributed by atoms with Gasteiger partial charge in [0.2, 0.25) is 11.6 Å². The average Bonchev–Trinajstić information content (AvgIpc) is 3.16. The Labute approximate surface area is 130 Å². The molecule has 1 aliphatic heterocycles. The third-order valence-corrected chi connectivity index (χ3v) is 4.95.